The highest BCUT2D eigenvalue weighted by molar-refractivity contribution is 5.97. The van der Waals surface area contributed by atoms with E-state index in [1.165, 1.54) is 18.7 Å². The highest BCUT2D eigenvalue weighted by Gasteiger charge is 2.38. The Kier molecular flexibility index (Phi) is 11.4. The van der Waals surface area contributed by atoms with E-state index in [1.807, 2.05) is 19.9 Å². The number of fused-ring (bicyclic) bond motifs is 1. The fourth-order valence-electron chi connectivity index (χ4n) is 5.08. The van der Waals surface area contributed by atoms with Crippen LogP contribution in [-0.2, 0) is 35.2 Å². The molecule has 0 radical (unpaired) electrons. The summed E-state index contributed by atoms with van der Waals surface area (Å²) in [6.07, 6.45) is -0.0292. The number of aliphatic hydroxyl groups is 1. The van der Waals surface area contributed by atoms with Crippen LogP contribution in [0, 0.1) is 5.92 Å². The molecule has 13 heteroatoms. The first-order valence-electron chi connectivity index (χ1n) is 14.4. The first-order chi connectivity index (χ1) is 19.9. The van der Waals surface area contributed by atoms with Crippen LogP contribution in [0.25, 0.3) is 0 Å². The standard InChI is InChI=1S/C29H42N6O7/c1-16(2)13-20-27(40)34-24(18(4)36)29(42)31-17(3)25(38)32-21(14-19-9-6-5-7-10-19)26(39)30-15-23(37)35-12-8-11-22(35)28(41)33-20/h5-7,9-10,16-18,20-22,24,36H,8,11-15H2,1-4H3,(H,30,39)(H,31,42)(H,32,38)(H,33,41)(H,34,40)/t17-,18+,20-,21-,22-,24-/m0/s1. The van der Waals surface area contributed by atoms with Crippen molar-refractivity contribution in [3.8, 4) is 0 Å². The van der Waals surface area contributed by atoms with E-state index in [4.69, 9.17) is 0 Å². The van der Waals surface area contributed by atoms with Gasteiger partial charge in [-0.15, -0.1) is 0 Å². The summed E-state index contributed by atoms with van der Waals surface area (Å²) in [5.41, 5.74) is 0.757. The van der Waals surface area contributed by atoms with E-state index in [0.717, 1.165) is 5.56 Å². The molecule has 1 aromatic rings. The van der Waals surface area contributed by atoms with Crippen LogP contribution in [0.15, 0.2) is 30.3 Å². The molecule has 2 saturated heterocycles. The molecule has 2 aliphatic heterocycles. The topological polar surface area (TPSA) is 186 Å². The Morgan fingerprint density at radius 1 is 0.833 bits per heavy atom. The fraction of sp³-hybridized carbons (Fsp3) is 0.586. The summed E-state index contributed by atoms with van der Waals surface area (Å²) < 4.78 is 0. The maximum atomic E-state index is 13.3. The second-order valence-electron chi connectivity index (χ2n) is 11.4. The molecule has 2 fully saturated rings. The zero-order chi connectivity index (χ0) is 31.0. The first kappa shape index (κ1) is 32.5. The van der Waals surface area contributed by atoms with Crippen molar-refractivity contribution in [3.05, 3.63) is 35.9 Å². The molecule has 0 spiro atoms. The molecule has 230 valence electrons. The van der Waals surface area contributed by atoms with Crippen molar-refractivity contribution in [3.63, 3.8) is 0 Å². The molecular formula is C29H42N6O7. The third-order valence-electron chi connectivity index (χ3n) is 7.36. The normalized spacial score (nSPS) is 27.6. The van der Waals surface area contributed by atoms with Gasteiger partial charge in [0.25, 0.3) is 0 Å². The summed E-state index contributed by atoms with van der Waals surface area (Å²) >= 11 is 0. The Morgan fingerprint density at radius 3 is 2.14 bits per heavy atom. The number of nitrogens with zero attached hydrogens (tertiary/aromatic N) is 1. The molecule has 0 bridgehead atoms. The average Bonchev–Trinajstić information content (AvgIpc) is 3.43. The molecule has 13 nitrogen and oxygen atoms in total. The lowest BCUT2D eigenvalue weighted by Gasteiger charge is -2.29. The van der Waals surface area contributed by atoms with Gasteiger partial charge in [-0.05, 0) is 44.6 Å². The van der Waals surface area contributed by atoms with Gasteiger partial charge in [-0.25, -0.2) is 0 Å². The third-order valence-corrected chi connectivity index (χ3v) is 7.36. The summed E-state index contributed by atoms with van der Waals surface area (Å²) in [6.45, 7) is 6.37. The van der Waals surface area contributed by atoms with Gasteiger partial charge in [-0.3, -0.25) is 28.8 Å². The van der Waals surface area contributed by atoms with Crippen LogP contribution in [0.1, 0.15) is 52.5 Å². The van der Waals surface area contributed by atoms with Crippen molar-refractivity contribution < 1.29 is 33.9 Å². The minimum atomic E-state index is -1.42. The smallest absolute Gasteiger partial charge is 0.245 e. The average molecular weight is 587 g/mol. The molecule has 6 amide bonds. The van der Waals surface area contributed by atoms with Crippen LogP contribution < -0.4 is 26.6 Å². The lowest BCUT2D eigenvalue weighted by Crippen LogP contribution is -2.61. The van der Waals surface area contributed by atoms with E-state index >= 15 is 0 Å². The lowest BCUT2D eigenvalue weighted by molar-refractivity contribution is -0.141. The number of aliphatic hydroxyl groups excluding tert-OH is 1. The SMILES string of the molecule is CC(C)C[C@@H]1NC(=O)[C@@H]2CCCN2C(=O)CNC(=O)[C@H](Cc2ccccc2)NC(=O)[C@H](C)NC(=O)[C@H]([C@@H](C)O)NC1=O. The zero-order valence-corrected chi connectivity index (χ0v) is 24.5. The zero-order valence-electron chi connectivity index (χ0n) is 24.5. The van der Waals surface area contributed by atoms with Gasteiger partial charge >= 0.3 is 0 Å². The fourth-order valence-corrected chi connectivity index (χ4v) is 5.08. The molecule has 0 aliphatic carbocycles. The monoisotopic (exact) mass is 586 g/mol. The van der Waals surface area contributed by atoms with Gasteiger partial charge < -0.3 is 36.6 Å². The van der Waals surface area contributed by atoms with E-state index in [9.17, 15) is 33.9 Å². The van der Waals surface area contributed by atoms with Crippen molar-refractivity contribution in [2.45, 2.75) is 89.7 Å². The summed E-state index contributed by atoms with van der Waals surface area (Å²) in [5.74, 6) is -3.77. The maximum Gasteiger partial charge on any atom is 0.245 e. The number of carbonyl (C=O) groups excluding carboxylic acids is 6. The van der Waals surface area contributed by atoms with E-state index in [1.54, 1.807) is 24.3 Å². The molecule has 3 rings (SSSR count). The highest BCUT2D eigenvalue weighted by Crippen LogP contribution is 2.18. The largest absolute Gasteiger partial charge is 0.391 e. The van der Waals surface area contributed by atoms with Crippen molar-refractivity contribution in [2.75, 3.05) is 13.1 Å². The van der Waals surface area contributed by atoms with Gasteiger partial charge in [-0.1, -0.05) is 44.2 Å². The minimum Gasteiger partial charge on any atom is -0.391 e. The van der Waals surface area contributed by atoms with E-state index in [-0.39, 0.29) is 25.3 Å². The van der Waals surface area contributed by atoms with Crippen LogP contribution in [0.3, 0.4) is 0 Å². The van der Waals surface area contributed by atoms with Crippen LogP contribution >= 0.6 is 0 Å². The number of hydrogen-bond acceptors (Lipinski definition) is 7. The van der Waals surface area contributed by atoms with Crippen molar-refractivity contribution >= 4 is 35.4 Å². The maximum absolute atomic E-state index is 13.3. The summed E-state index contributed by atoms with van der Waals surface area (Å²) in [7, 11) is 0. The molecule has 6 N–H and O–H groups in total. The van der Waals surface area contributed by atoms with E-state index in [0.29, 0.717) is 19.4 Å². The Hall–Kier alpha value is -4.00. The number of hydrogen-bond donors (Lipinski definition) is 6. The molecule has 1 aromatic carbocycles. The van der Waals surface area contributed by atoms with Crippen LogP contribution in [0.4, 0.5) is 0 Å². The number of carbonyl (C=O) groups is 6. The van der Waals surface area contributed by atoms with E-state index < -0.39 is 71.8 Å². The third kappa shape index (κ3) is 8.75. The molecule has 0 aromatic heterocycles. The lowest BCUT2D eigenvalue weighted by atomic mass is 10.0. The molecule has 42 heavy (non-hydrogen) atoms. The number of nitrogens with one attached hydrogen (secondary N) is 5. The van der Waals surface area contributed by atoms with Gasteiger partial charge in [0, 0.05) is 13.0 Å². The molecule has 2 aliphatic rings. The molecule has 0 saturated carbocycles. The first-order valence-corrected chi connectivity index (χ1v) is 14.4. The second kappa shape index (κ2) is 14.8. The van der Waals surface area contributed by atoms with Crippen LogP contribution in [0.2, 0.25) is 0 Å². The summed E-state index contributed by atoms with van der Waals surface area (Å²) in [4.78, 5) is 80.5. The van der Waals surface area contributed by atoms with Gasteiger partial charge in [0.1, 0.15) is 30.2 Å². The number of rotatable bonds is 5. The second-order valence-corrected chi connectivity index (χ2v) is 11.4. The Labute approximate surface area is 245 Å². The van der Waals surface area contributed by atoms with Crippen molar-refractivity contribution in [1.29, 1.82) is 0 Å². The van der Waals surface area contributed by atoms with Gasteiger partial charge in [0.05, 0.1) is 12.6 Å². The summed E-state index contributed by atoms with van der Waals surface area (Å²) in [5, 5.41) is 23.2. The molecular weight excluding hydrogens is 544 g/mol. The summed E-state index contributed by atoms with van der Waals surface area (Å²) in [6, 6.07) is 3.45. The Bertz CT molecular complexity index is 1160. The van der Waals surface area contributed by atoms with Gasteiger partial charge in [-0.2, -0.15) is 0 Å². The molecule has 6 atom stereocenters. The molecule has 2 heterocycles. The minimum absolute atomic E-state index is 0.0122. The number of amides is 6. The van der Waals surface area contributed by atoms with Crippen molar-refractivity contribution in [2.24, 2.45) is 5.92 Å². The van der Waals surface area contributed by atoms with Crippen molar-refractivity contribution in [1.82, 2.24) is 31.5 Å². The van der Waals surface area contributed by atoms with Gasteiger partial charge in [0.2, 0.25) is 35.4 Å². The number of benzene rings is 1. The predicted molar refractivity (Wildman–Crippen MR) is 152 cm³/mol. The predicted octanol–water partition coefficient (Wildman–Crippen LogP) is -1.26. The highest BCUT2D eigenvalue weighted by atomic mass is 16.3. The molecule has 0 unspecified atom stereocenters. The van der Waals surface area contributed by atoms with Crippen LogP contribution in [0.5, 0.6) is 0 Å². The van der Waals surface area contributed by atoms with E-state index in [2.05, 4.69) is 26.6 Å². The Morgan fingerprint density at radius 2 is 1.50 bits per heavy atom. The van der Waals surface area contributed by atoms with Crippen LogP contribution in [-0.4, -0.2) is 94.9 Å². The Balaban J connectivity index is 1.92. The van der Waals surface area contributed by atoms with Gasteiger partial charge in [0.15, 0.2) is 0 Å². The quantitative estimate of drug-likeness (QED) is 0.248.